The van der Waals surface area contributed by atoms with E-state index in [-0.39, 0.29) is 10.9 Å². The van der Waals surface area contributed by atoms with Gasteiger partial charge in [0.25, 0.3) is 0 Å². The van der Waals surface area contributed by atoms with Crippen LogP contribution in [-0.4, -0.2) is 34.8 Å². The predicted octanol–water partition coefficient (Wildman–Crippen LogP) is 1.69. The molecule has 2 atom stereocenters. The Kier molecular flexibility index (Phi) is 7.00. The average molecular weight is 369 g/mol. The minimum absolute atomic E-state index is 0.190. The Morgan fingerprint density at radius 1 is 0.962 bits per heavy atom. The molecule has 0 saturated carbocycles. The zero-order chi connectivity index (χ0) is 19.1. The first kappa shape index (κ1) is 19.8. The normalized spacial score (nSPS) is 12.8. The van der Waals surface area contributed by atoms with Crippen LogP contribution >= 0.6 is 12.2 Å². The molecule has 2 aromatic carbocycles. The number of rotatable bonds is 7. The number of benzene rings is 2. The van der Waals surface area contributed by atoms with Crippen molar-refractivity contribution < 1.29 is 9.59 Å². The molecule has 5 nitrogen and oxygen atoms in total. The Hall–Kier alpha value is -2.57. The topological polar surface area (TPSA) is 89.4 Å². The molecule has 0 heterocycles. The molecule has 0 unspecified atom stereocenters. The van der Waals surface area contributed by atoms with E-state index < -0.39 is 17.9 Å². The Labute approximate surface area is 159 Å². The minimum atomic E-state index is -0.745. The largest absolute Gasteiger partial charge is 0.369 e. The molecule has 136 valence electrons. The summed E-state index contributed by atoms with van der Waals surface area (Å²) >= 11 is 5.38. The van der Waals surface area contributed by atoms with E-state index >= 15 is 0 Å². The maximum atomic E-state index is 12.6. The second-order valence-corrected chi connectivity index (χ2v) is 6.59. The minimum Gasteiger partial charge on any atom is -0.369 e. The molecule has 0 fully saturated rings. The molecule has 26 heavy (non-hydrogen) atoms. The van der Waals surface area contributed by atoms with Gasteiger partial charge >= 0.3 is 0 Å². The van der Waals surface area contributed by atoms with Crippen molar-refractivity contribution in [3.8, 4) is 0 Å². The molecular weight excluding hydrogens is 346 g/mol. The lowest BCUT2D eigenvalue weighted by Crippen LogP contribution is -2.49. The lowest BCUT2D eigenvalue weighted by molar-refractivity contribution is -0.127. The van der Waals surface area contributed by atoms with Gasteiger partial charge in [-0.2, -0.15) is 0 Å². The molecular formula is C20H23N3O2S. The van der Waals surface area contributed by atoms with Gasteiger partial charge in [-0.15, -0.1) is 0 Å². The first-order valence-corrected chi connectivity index (χ1v) is 8.75. The smallest absolute Gasteiger partial charge is 0.244 e. The third-order valence-corrected chi connectivity index (χ3v) is 4.76. The summed E-state index contributed by atoms with van der Waals surface area (Å²) in [5, 5.41) is 0. The van der Waals surface area contributed by atoms with Crippen molar-refractivity contribution in [3.05, 3.63) is 71.8 Å². The summed E-state index contributed by atoms with van der Waals surface area (Å²) in [6.07, 6.45) is 0.743. The first-order valence-electron chi connectivity index (χ1n) is 8.34. The predicted molar refractivity (Wildman–Crippen MR) is 106 cm³/mol. The van der Waals surface area contributed by atoms with Crippen LogP contribution in [-0.2, 0) is 22.4 Å². The molecule has 0 saturated heterocycles. The summed E-state index contributed by atoms with van der Waals surface area (Å²) in [5.74, 6) is -1.64. The molecule has 6 heteroatoms. The van der Waals surface area contributed by atoms with Crippen molar-refractivity contribution in [2.75, 3.05) is 7.05 Å². The second kappa shape index (κ2) is 9.22. The Morgan fingerprint density at radius 3 is 1.88 bits per heavy atom. The number of primary amides is 1. The number of hydrogen-bond donors (Lipinski definition) is 2. The van der Waals surface area contributed by atoms with Crippen LogP contribution in [0.3, 0.4) is 0 Å². The van der Waals surface area contributed by atoms with Crippen LogP contribution in [0.2, 0.25) is 0 Å². The summed E-state index contributed by atoms with van der Waals surface area (Å²) in [6.45, 7) is 0. The number of thiocarbonyl (C=S) groups is 1. The van der Waals surface area contributed by atoms with Crippen LogP contribution in [0.4, 0.5) is 0 Å². The molecule has 2 amide bonds. The molecule has 0 spiro atoms. The molecule has 0 aliphatic rings. The van der Waals surface area contributed by atoms with Gasteiger partial charge in [0.05, 0.1) is 16.9 Å². The number of carbonyl (C=O) groups is 2. The Bertz CT molecular complexity index is 765. The maximum absolute atomic E-state index is 12.6. The third kappa shape index (κ3) is 5.21. The van der Waals surface area contributed by atoms with Crippen molar-refractivity contribution in [3.63, 3.8) is 0 Å². The van der Waals surface area contributed by atoms with Gasteiger partial charge in [-0.25, -0.2) is 0 Å². The quantitative estimate of drug-likeness (QED) is 0.727. The van der Waals surface area contributed by atoms with Gasteiger partial charge < -0.3 is 16.4 Å². The summed E-state index contributed by atoms with van der Waals surface area (Å²) in [6, 6.07) is 18.2. The van der Waals surface area contributed by atoms with Gasteiger partial charge in [0.15, 0.2) is 0 Å². The highest BCUT2D eigenvalue weighted by Gasteiger charge is 2.29. The molecule has 0 bridgehead atoms. The maximum Gasteiger partial charge on any atom is 0.244 e. The van der Waals surface area contributed by atoms with Crippen molar-refractivity contribution in [2.24, 2.45) is 17.4 Å². The third-order valence-electron chi connectivity index (χ3n) is 4.20. The number of amides is 2. The van der Waals surface area contributed by atoms with Crippen LogP contribution in [0, 0.1) is 5.92 Å². The number of nitrogens with zero attached hydrogens (tertiary/aromatic N) is 1. The van der Waals surface area contributed by atoms with Crippen molar-refractivity contribution in [2.45, 2.75) is 18.9 Å². The van der Waals surface area contributed by atoms with E-state index in [2.05, 4.69) is 0 Å². The lowest BCUT2D eigenvalue weighted by Gasteiger charge is -2.26. The fourth-order valence-corrected chi connectivity index (χ4v) is 3.00. The van der Waals surface area contributed by atoms with Crippen LogP contribution in [0.1, 0.15) is 11.1 Å². The van der Waals surface area contributed by atoms with Crippen molar-refractivity contribution in [1.29, 1.82) is 0 Å². The van der Waals surface area contributed by atoms with E-state index in [4.69, 9.17) is 23.7 Å². The molecule has 0 aliphatic carbocycles. The number of nitrogens with two attached hydrogens (primary N) is 2. The van der Waals surface area contributed by atoms with Crippen molar-refractivity contribution in [1.82, 2.24) is 4.90 Å². The van der Waals surface area contributed by atoms with Gasteiger partial charge in [-0.3, -0.25) is 9.59 Å². The van der Waals surface area contributed by atoms with E-state index in [1.54, 1.807) is 0 Å². The highest BCUT2D eigenvalue weighted by Crippen LogP contribution is 2.14. The summed E-state index contributed by atoms with van der Waals surface area (Å²) < 4.78 is 0. The van der Waals surface area contributed by atoms with E-state index in [0.717, 1.165) is 11.1 Å². The highest BCUT2D eigenvalue weighted by molar-refractivity contribution is 7.80. The fourth-order valence-electron chi connectivity index (χ4n) is 2.71. The lowest BCUT2D eigenvalue weighted by atomic mass is 9.97. The molecule has 0 aromatic heterocycles. The van der Waals surface area contributed by atoms with E-state index in [1.165, 1.54) is 11.9 Å². The fraction of sp³-hybridized carbons (Fsp3) is 0.250. The number of hydrogen-bond acceptors (Lipinski definition) is 4. The molecule has 0 radical (unpaired) electrons. The van der Waals surface area contributed by atoms with Gasteiger partial charge in [0.2, 0.25) is 11.8 Å². The zero-order valence-electron chi connectivity index (χ0n) is 14.7. The standard InChI is InChI=1S/C20H23N3O2S/c1-23(19(25)17(21)13-15-10-6-3-7-11-15)20(26)16(18(22)24)12-14-8-4-2-5-9-14/h2-11,16-17H,12-13,21H2,1H3,(H2,22,24)/t16-,17-/m0/s1. The molecule has 2 aromatic rings. The van der Waals surface area contributed by atoms with E-state index in [1.807, 2.05) is 60.7 Å². The molecule has 0 aliphatic heterocycles. The monoisotopic (exact) mass is 369 g/mol. The average Bonchev–Trinajstić information content (AvgIpc) is 2.65. The highest BCUT2D eigenvalue weighted by atomic mass is 32.1. The van der Waals surface area contributed by atoms with Gasteiger partial charge in [0, 0.05) is 7.05 Å². The van der Waals surface area contributed by atoms with Crippen LogP contribution in [0.5, 0.6) is 0 Å². The van der Waals surface area contributed by atoms with E-state index in [9.17, 15) is 9.59 Å². The summed E-state index contributed by atoms with van der Waals surface area (Å²) in [5.41, 5.74) is 13.5. The zero-order valence-corrected chi connectivity index (χ0v) is 15.5. The van der Waals surface area contributed by atoms with Gasteiger partial charge in [-0.05, 0) is 24.0 Å². The Balaban J connectivity index is 2.07. The Morgan fingerprint density at radius 2 is 1.42 bits per heavy atom. The number of likely N-dealkylation sites (N-methyl/N-ethyl adjacent to an activating group) is 1. The summed E-state index contributed by atoms with van der Waals surface area (Å²) in [7, 11) is 1.54. The van der Waals surface area contributed by atoms with Crippen molar-refractivity contribution >= 4 is 29.0 Å². The SMILES string of the molecule is CN(C(=O)[C@@H](N)Cc1ccccc1)C(=S)[C@@H](Cc1ccccc1)C(N)=O. The number of carbonyl (C=O) groups excluding carboxylic acids is 2. The molecule has 4 N–H and O–H groups in total. The van der Waals surface area contributed by atoms with E-state index in [0.29, 0.717) is 12.8 Å². The van der Waals surface area contributed by atoms with Gasteiger partial charge in [-0.1, -0.05) is 72.9 Å². The first-order chi connectivity index (χ1) is 12.4. The van der Waals surface area contributed by atoms with Crippen LogP contribution in [0.15, 0.2) is 60.7 Å². The molecule has 2 rings (SSSR count). The second-order valence-electron chi connectivity index (χ2n) is 6.18. The van der Waals surface area contributed by atoms with Gasteiger partial charge in [0.1, 0.15) is 0 Å². The van der Waals surface area contributed by atoms with Crippen LogP contribution in [0.25, 0.3) is 0 Å². The van der Waals surface area contributed by atoms with Crippen LogP contribution < -0.4 is 11.5 Å². The summed E-state index contributed by atoms with van der Waals surface area (Å²) in [4.78, 5) is 26.0.